The lowest BCUT2D eigenvalue weighted by molar-refractivity contribution is 0.0664. The molecule has 7 heteroatoms. The summed E-state index contributed by atoms with van der Waals surface area (Å²) in [5.41, 5.74) is 9.47. The molecule has 1 aliphatic rings. The molecule has 1 amide bonds. The summed E-state index contributed by atoms with van der Waals surface area (Å²) in [5, 5.41) is 8.41. The minimum absolute atomic E-state index is 0.0310. The molecule has 0 bridgehead atoms. The van der Waals surface area contributed by atoms with Gasteiger partial charge in [0.15, 0.2) is 5.82 Å². The normalized spacial score (nSPS) is 15.2. The van der Waals surface area contributed by atoms with Crippen molar-refractivity contribution in [3.8, 4) is 0 Å². The minimum Gasteiger partial charge on any atom is -0.398 e. The molecule has 0 saturated carbocycles. The summed E-state index contributed by atoms with van der Waals surface area (Å²) in [6.45, 7) is 3.24. The molecule has 7 nitrogen and oxygen atoms in total. The molecule has 1 aliphatic heterocycles. The van der Waals surface area contributed by atoms with Gasteiger partial charge in [-0.05, 0) is 31.3 Å². The number of para-hydroxylation sites is 1. The number of nitrogen functional groups attached to an aromatic ring is 1. The van der Waals surface area contributed by atoms with Gasteiger partial charge in [0.05, 0.1) is 11.0 Å². The number of piperazine rings is 1. The molecule has 1 saturated heterocycles. The van der Waals surface area contributed by atoms with E-state index in [1.165, 1.54) is 0 Å². The topological polar surface area (TPSA) is 102 Å². The number of likely N-dealkylation sites (N-methyl/N-ethyl adjacent to an activating group) is 1. The number of benzene rings is 2. The molecule has 3 aromatic rings. The first kappa shape index (κ1) is 17.2. The molecular weight excluding hydrogens is 340 g/mol. The Morgan fingerprint density at radius 3 is 2.63 bits per heavy atom. The van der Waals surface area contributed by atoms with Gasteiger partial charge in [0.2, 0.25) is 0 Å². The molecule has 4 N–H and O–H groups in total. The van der Waals surface area contributed by atoms with Gasteiger partial charge in [-0.25, -0.2) is 4.98 Å². The Hall–Kier alpha value is -3.19. The van der Waals surface area contributed by atoms with Crippen molar-refractivity contribution in [1.29, 1.82) is 5.41 Å². The van der Waals surface area contributed by atoms with E-state index >= 15 is 0 Å². The number of aromatic nitrogens is 2. The number of hydrogen-bond donors (Lipinski definition) is 3. The van der Waals surface area contributed by atoms with E-state index in [1.807, 2.05) is 29.2 Å². The van der Waals surface area contributed by atoms with Crippen LogP contribution in [0.15, 0.2) is 42.5 Å². The van der Waals surface area contributed by atoms with Crippen molar-refractivity contribution in [2.75, 3.05) is 39.0 Å². The Labute approximate surface area is 157 Å². The van der Waals surface area contributed by atoms with Crippen LogP contribution in [-0.4, -0.2) is 64.6 Å². The zero-order valence-electron chi connectivity index (χ0n) is 15.2. The Morgan fingerprint density at radius 2 is 1.89 bits per heavy atom. The number of imidazole rings is 1. The summed E-state index contributed by atoms with van der Waals surface area (Å²) in [6, 6.07) is 12.7. The number of nitrogens with two attached hydrogens (primary N) is 1. The number of anilines is 1. The molecular formula is C20H22N6O. The van der Waals surface area contributed by atoms with Crippen LogP contribution in [0.4, 0.5) is 5.69 Å². The van der Waals surface area contributed by atoms with Crippen LogP contribution in [0.25, 0.3) is 11.0 Å². The molecule has 2 aromatic carbocycles. The van der Waals surface area contributed by atoms with Gasteiger partial charge in [0.1, 0.15) is 5.71 Å². The Morgan fingerprint density at radius 1 is 1.15 bits per heavy atom. The summed E-state index contributed by atoms with van der Waals surface area (Å²) < 4.78 is 0. The number of nitrogens with zero attached hydrogens (tertiary/aromatic N) is 3. The van der Waals surface area contributed by atoms with E-state index in [2.05, 4.69) is 21.9 Å². The predicted octanol–water partition coefficient (Wildman–Crippen LogP) is 1.95. The van der Waals surface area contributed by atoms with Crippen molar-refractivity contribution in [2.24, 2.45) is 0 Å². The third-order valence-corrected chi connectivity index (χ3v) is 4.99. The van der Waals surface area contributed by atoms with E-state index in [1.54, 1.807) is 18.2 Å². The highest BCUT2D eigenvalue weighted by Crippen LogP contribution is 2.19. The van der Waals surface area contributed by atoms with Gasteiger partial charge in [0, 0.05) is 43.0 Å². The van der Waals surface area contributed by atoms with Crippen molar-refractivity contribution in [3.05, 3.63) is 59.4 Å². The standard InChI is InChI=1S/C20H22N6O/c1-25-8-10-26(11-9-25)20(27)13-6-7-16-17(12-13)24-19(23-16)18(22)14-4-2-3-5-15(14)21/h2-7,12,22H,8-11,21H2,1H3,(H,23,24). The number of carbonyl (C=O) groups excluding carboxylic acids is 1. The number of amides is 1. The monoisotopic (exact) mass is 362 g/mol. The predicted molar refractivity (Wildman–Crippen MR) is 106 cm³/mol. The maximum absolute atomic E-state index is 12.8. The first-order valence-electron chi connectivity index (χ1n) is 8.94. The number of nitrogens with one attached hydrogen (secondary N) is 2. The van der Waals surface area contributed by atoms with Crippen LogP contribution in [-0.2, 0) is 0 Å². The molecule has 2 heterocycles. The highest BCUT2D eigenvalue weighted by atomic mass is 16.2. The number of fused-ring (bicyclic) bond motifs is 1. The fraction of sp³-hybridized carbons (Fsp3) is 0.250. The second-order valence-electron chi connectivity index (χ2n) is 6.88. The maximum Gasteiger partial charge on any atom is 0.254 e. The molecule has 1 aromatic heterocycles. The van der Waals surface area contributed by atoms with Gasteiger partial charge in [-0.1, -0.05) is 18.2 Å². The lowest BCUT2D eigenvalue weighted by Crippen LogP contribution is -2.47. The quantitative estimate of drug-likeness (QED) is 0.489. The first-order chi connectivity index (χ1) is 13.0. The van der Waals surface area contributed by atoms with Crippen LogP contribution in [0.2, 0.25) is 0 Å². The number of rotatable bonds is 3. The average Bonchev–Trinajstić information content (AvgIpc) is 3.11. The molecule has 0 unspecified atom stereocenters. The smallest absolute Gasteiger partial charge is 0.254 e. The lowest BCUT2D eigenvalue weighted by atomic mass is 10.1. The van der Waals surface area contributed by atoms with Gasteiger partial charge in [-0.3, -0.25) is 10.2 Å². The molecule has 0 spiro atoms. The minimum atomic E-state index is 0.0310. The zero-order valence-corrected chi connectivity index (χ0v) is 15.2. The Kier molecular flexibility index (Phi) is 4.37. The second kappa shape index (κ2) is 6.85. The summed E-state index contributed by atoms with van der Waals surface area (Å²) in [7, 11) is 2.06. The largest absolute Gasteiger partial charge is 0.398 e. The van der Waals surface area contributed by atoms with Crippen molar-refractivity contribution in [1.82, 2.24) is 19.8 Å². The number of aromatic amines is 1. The fourth-order valence-electron chi connectivity index (χ4n) is 3.31. The Bertz CT molecular complexity index is 1020. The third kappa shape index (κ3) is 3.29. The van der Waals surface area contributed by atoms with Crippen molar-refractivity contribution in [3.63, 3.8) is 0 Å². The molecule has 0 aliphatic carbocycles. The molecule has 0 atom stereocenters. The van der Waals surface area contributed by atoms with Crippen molar-refractivity contribution < 1.29 is 4.79 Å². The van der Waals surface area contributed by atoms with E-state index in [0.29, 0.717) is 22.6 Å². The van der Waals surface area contributed by atoms with Crippen molar-refractivity contribution in [2.45, 2.75) is 0 Å². The SMILES string of the molecule is CN1CCN(C(=O)c2ccc3nc(C(=N)c4ccccc4N)[nH]c3c2)CC1. The number of hydrogen-bond acceptors (Lipinski definition) is 5. The second-order valence-corrected chi connectivity index (χ2v) is 6.88. The van der Waals surface area contributed by atoms with Crippen LogP contribution >= 0.6 is 0 Å². The summed E-state index contributed by atoms with van der Waals surface area (Å²) in [4.78, 5) is 24.5. The van der Waals surface area contributed by atoms with Crippen LogP contribution in [0.1, 0.15) is 21.7 Å². The number of carbonyl (C=O) groups is 1. The van der Waals surface area contributed by atoms with E-state index < -0.39 is 0 Å². The third-order valence-electron chi connectivity index (χ3n) is 4.99. The van der Waals surface area contributed by atoms with Gasteiger partial charge >= 0.3 is 0 Å². The molecule has 1 fully saturated rings. The van der Waals surface area contributed by atoms with E-state index in [9.17, 15) is 4.79 Å². The maximum atomic E-state index is 12.8. The Balaban J connectivity index is 1.61. The summed E-state index contributed by atoms with van der Waals surface area (Å²) in [5.74, 6) is 0.468. The van der Waals surface area contributed by atoms with Gasteiger partial charge in [-0.15, -0.1) is 0 Å². The molecule has 27 heavy (non-hydrogen) atoms. The van der Waals surface area contributed by atoms with Gasteiger partial charge in [-0.2, -0.15) is 0 Å². The van der Waals surface area contributed by atoms with Gasteiger partial charge < -0.3 is 20.5 Å². The highest BCUT2D eigenvalue weighted by Gasteiger charge is 2.21. The molecule has 4 rings (SSSR count). The van der Waals surface area contributed by atoms with Crippen LogP contribution in [0.5, 0.6) is 0 Å². The van der Waals surface area contributed by atoms with E-state index in [0.717, 1.165) is 37.2 Å². The van der Waals surface area contributed by atoms with Gasteiger partial charge in [0.25, 0.3) is 5.91 Å². The number of H-pyrrole nitrogens is 1. The summed E-state index contributed by atoms with van der Waals surface area (Å²) in [6.07, 6.45) is 0. The summed E-state index contributed by atoms with van der Waals surface area (Å²) >= 11 is 0. The van der Waals surface area contributed by atoms with Crippen LogP contribution in [0.3, 0.4) is 0 Å². The van der Waals surface area contributed by atoms with E-state index in [-0.39, 0.29) is 11.6 Å². The highest BCUT2D eigenvalue weighted by molar-refractivity contribution is 6.12. The van der Waals surface area contributed by atoms with Crippen LogP contribution < -0.4 is 5.73 Å². The van der Waals surface area contributed by atoms with Crippen LogP contribution in [0, 0.1) is 5.41 Å². The van der Waals surface area contributed by atoms with Crippen molar-refractivity contribution >= 4 is 28.3 Å². The van der Waals surface area contributed by atoms with E-state index in [4.69, 9.17) is 11.1 Å². The average molecular weight is 362 g/mol. The zero-order chi connectivity index (χ0) is 19.0. The lowest BCUT2D eigenvalue weighted by Gasteiger charge is -2.32. The molecule has 138 valence electrons. The first-order valence-corrected chi connectivity index (χ1v) is 8.94. The molecule has 0 radical (unpaired) electrons. The fourth-order valence-corrected chi connectivity index (χ4v) is 3.31.